The number of phenols is 1. The zero-order chi connectivity index (χ0) is 17.6. The number of aromatic hydroxyl groups is 1. The highest BCUT2D eigenvalue weighted by Crippen LogP contribution is 2.64. The Balaban J connectivity index is 1.56. The fourth-order valence-corrected chi connectivity index (χ4v) is 6.47. The maximum atomic E-state index is 12.8. The van der Waals surface area contributed by atoms with Gasteiger partial charge >= 0.3 is 0 Å². The Morgan fingerprint density at radius 1 is 1.38 bits per heavy atom. The van der Waals surface area contributed by atoms with E-state index >= 15 is 0 Å². The third-order valence-electron chi connectivity index (χ3n) is 7.72. The van der Waals surface area contributed by atoms with Crippen LogP contribution < -0.4 is 9.47 Å². The van der Waals surface area contributed by atoms with Gasteiger partial charge in [0.05, 0.1) is 7.11 Å². The molecule has 0 amide bonds. The number of ether oxygens (including phenoxy) is 2. The van der Waals surface area contributed by atoms with E-state index in [1.807, 2.05) is 0 Å². The smallest absolute Gasteiger partial charge is 0.174 e. The molecule has 3 fully saturated rings. The summed E-state index contributed by atoms with van der Waals surface area (Å²) in [6, 6.07) is 2.09. The van der Waals surface area contributed by atoms with Crippen molar-refractivity contribution >= 4 is 5.78 Å². The SMILES string of the molecule is COc1cc(O)c2c3c1O[C@H]1C(=O)CC[C@H]4[C@@H](C2)N(CC2CC2)CC[C@]314. The lowest BCUT2D eigenvalue weighted by Gasteiger charge is -2.57. The first-order valence-electron chi connectivity index (χ1n) is 10.00. The third kappa shape index (κ3) is 1.73. The molecule has 138 valence electrons. The molecule has 0 radical (unpaired) electrons. The average molecular weight is 355 g/mol. The molecular formula is C21H25NO4. The van der Waals surface area contributed by atoms with Gasteiger partial charge in [0.25, 0.3) is 0 Å². The lowest BCUT2D eigenvalue weighted by atomic mass is 9.51. The molecule has 1 aromatic rings. The average Bonchev–Trinajstić information content (AvgIpc) is 3.38. The van der Waals surface area contributed by atoms with Gasteiger partial charge in [0.2, 0.25) is 0 Å². The van der Waals surface area contributed by atoms with Crippen molar-refractivity contribution in [2.75, 3.05) is 20.2 Å². The molecule has 1 saturated heterocycles. The van der Waals surface area contributed by atoms with Crippen molar-refractivity contribution in [1.82, 2.24) is 4.90 Å². The highest BCUT2D eigenvalue weighted by atomic mass is 16.5. The summed E-state index contributed by atoms with van der Waals surface area (Å²) >= 11 is 0. The maximum Gasteiger partial charge on any atom is 0.174 e. The fraction of sp³-hybridized carbons (Fsp3) is 0.667. The van der Waals surface area contributed by atoms with Gasteiger partial charge in [-0.15, -0.1) is 0 Å². The number of carbonyl (C=O) groups excluding carboxylic acids is 1. The van der Waals surface area contributed by atoms with Crippen LogP contribution in [0.15, 0.2) is 6.07 Å². The molecule has 1 spiro atoms. The number of nitrogens with zero attached hydrogens (tertiary/aromatic N) is 1. The second kappa shape index (κ2) is 4.94. The predicted octanol–water partition coefficient (Wildman–Crippen LogP) is 2.42. The summed E-state index contributed by atoms with van der Waals surface area (Å²) in [7, 11) is 1.60. The van der Waals surface area contributed by atoms with E-state index < -0.39 is 6.10 Å². The Hall–Kier alpha value is -1.75. The Morgan fingerprint density at radius 3 is 3.00 bits per heavy atom. The molecule has 5 aliphatic rings. The molecule has 5 nitrogen and oxygen atoms in total. The monoisotopic (exact) mass is 355 g/mol. The van der Waals surface area contributed by atoms with Gasteiger partial charge in [-0.1, -0.05) is 0 Å². The number of hydrogen-bond donors (Lipinski definition) is 1. The van der Waals surface area contributed by atoms with E-state index in [4.69, 9.17) is 9.47 Å². The Morgan fingerprint density at radius 2 is 2.23 bits per heavy atom. The highest BCUT2D eigenvalue weighted by Gasteiger charge is 2.66. The Bertz CT molecular complexity index is 817. The fourth-order valence-electron chi connectivity index (χ4n) is 6.47. The van der Waals surface area contributed by atoms with Gasteiger partial charge < -0.3 is 14.6 Å². The van der Waals surface area contributed by atoms with Crippen molar-refractivity contribution in [2.24, 2.45) is 11.8 Å². The van der Waals surface area contributed by atoms with E-state index in [0.717, 1.165) is 48.6 Å². The summed E-state index contributed by atoms with van der Waals surface area (Å²) in [6.07, 6.45) is 5.69. The summed E-state index contributed by atoms with van der Waals surface area (Å²) < 4.78 is 11.8. The van der Waals surface area contributed by atoms with Gasteiger partial charge in [-0.05, 0) is 50.5 Å². The molecule has 1 aromatic carbocycles. The van der Waals surface area contributed by atoms with Gasteiger partial charge in [-0.2, -0.15) is 0 Å². The van der Waals surface area contributed by atoms with Gasteiger partial charge in [0, 0.05) is 41.6 Å². The lowest BCUT2D eigenvalue weighted by Crippen LogP contribution is -2.66. The molecule has 2 aliphatic heterocycles. The van der Waals surface area contributed by atoms with Gasteiger partial charge in [0.15, 0.2) is 23.4 Å². The zero-order valence-electron chi connectivity index (χ0n) is 15.2. The van der Waals surface area contributed by atoms with Crippen LogP contribution in [0.4, 0.5) is 0 Å². The summed E-state index contributed by atoms with van der Waals surface area (Å²) in [6.45, 7) is 2.21. The number of rotatable bonds is 3. The van der Waals surface area contributed by atoms with E-state index in [0.29, 0.717) is 29.9 Å². The summed E-state index contributed by atoms with van der Waals surface area (Å²) in [4.78, 5) is 15.5. The molecule has 0 aromatic heterocycles. The van der Waals surface area contributed by atoms with Crippen molar-refractivity contribution < 1.29 is 19.4 Å². The third-order valence-corrected chi connectivity index (χ3v) is 7.72. The number of phenolic OH excluding ortho intramolecular Hbond substituents is 1. The normalized spacial score (nSPS) is 37.3. The molecule has 5 heteroatoms. The van der Waals surface area contributed by atoms with Gasteiger partial charge in [-0.3, -0.25) is 9.69 Å². The molecule has 26 heavy (non-hydrogen) atoms. The minimum absolute atomic E-state index is 0.223. The summed E-state index contributed by atoms with van der Waals surface area (Å²) in [5, 5.41) is 10.8. The van der Waals surface area contributed by atoms with Crippen LogP contribution in [0.25, 0.3) is 0 Å². The van der Waals surface area contributed by atoms with Crippen LogP contribution in [0.1, 0.15) is 43.2 Å². The number of piperidine rings is 1. The largest absolute Gasteiger partial charge is 0.508 e. The van der Waals surface area contributed by atoms with Crippen LogP contribution in [0, 0.1) is 11.8 Å². The van der Waals surface area contributed by atoms with Crippen LogP contribution in [0.3, 0.4) is 0 Å². The molecular weight excluding hydrogens is 330 g/mol. The van der Waals surface area contributed by atoms with Crippen LogP contribution >= 0.6 is 0 Å². The maximum absolute atomic E-state index is 12.8. The number of ketones is 1. The predicted molar refractivity (Wildman–Crippen MR) is 94.9 cm³/mol. The first kappa shape index (κ1) is 15.3. The molecule has 4 atom stereocenters. The van der Waals surface area contributed by atoms with Crippen LogP contribution in [0.2, 0.25) is 0 Å². The summed E-state index contributed by atoms with van der Waals surface area (Å²) in [5.41, 5.74) is 1.84. The molecule has 2 bridgehead atoms. The topological polar surface area (TPSA) is 59.0 Å². The van der Waals surface area contributed by atoms with Gasteiger partial charge in [-0.25, -0.2) is 0 Å². The van der Waals surface area contributed by atoms with E-state index in [1.54, 1.807) is 13.2 Å². The lowest BCUT2D eigenvalue weighted by molar-refractivity contribution is -0.138. The standard InChI is InChI=1S/C21H25NO4/c1-25-17-9-16(24)12-8-14-13-4-5-15(23)20-21(13,18(12)19(17)26-20)6-7-22(14)10-11-2-3-11/h9,11,13-14,20,24H,2-8,10H2,1H3/t13-,14+,20-,21-/m0/s1. The number of Topliss-reactive ketones (excluding diaryl/α,β-unsaturated/α-hetero) is 1. The van der Waals surface area contributed by atoms with Crippen molar-refractivity contribution in [2.45, 2.75) is 56.1 Å². The van der Waals surface area contributed by atoms with Crippen molar-refractivity contribution in [3.63, 3.8) is 0 Å². The molecule has 0 unspecified atom stereocenters. The highest BCUT2D eigenvalue weighted by molar-refractivity contribution is 5.89. The Kier molecular flexibility index (Phi) is 2.91. The number of hydrogen-bond acceptors (Lipinski definition) is 5. The van der Waals surface area contributed by atoms with Crippen LogP contribution in [-0.4, -0.2) is 48.1 Å². The zero-order valence-corrected chi connectivity index (χ0v) is 15.2. The first-order chi connectivity index (χ1) is 12.6. The van der Waals surface area contributed by atoms with Gasteiger partial charge in [0.1, 0.15) is 5.75 Å². The van der Waals surface area contributed by atoms with E-state index in [1.165, 1.54) is 19.4 Å². The first-order valence-corrected chi connectivity index (χ1v) is 10.00. The van der Waals surface area contributed by atoms with E-state index in [2.05, 4.69) is 4.90 Å². The quantitative estimate of drug-likeness (QED) is 0.902. The van der Waals surface area contributed by atoms with E-state index in [9.17, 15) is 9.90 Å². The minimum Gasteiger partial charge on any atom is -0.508 e. The second-order valence-corrected chi connectivity index (χ2v) is 8.89. The second-order valence-electron chi connectivity index (χ2n) is 8.89. The number of carbonyl (C=O) groups is 1. The molecule has 2 saturated carbocycles. The minimum atomic E-state index is -0.392. The molecule has 6 rings (SSSR count). The van der Waals surface area contributed by atoms with Crippen LogP contribution in [-0.2, 0) is 16.6 Å². The van der Waals surface area contributed by atoms with Crippen LogP contribution in [0.5, 0.6) is 17.2 Å². The molecule has 1 N–H and O–H groups in total. The van der Waals surface area contributed by atoms with Crippen molar-refractivity contribution in [1.29, 1.82) is 0 Å². The van der Waals surface area contributed by atoms with Crippen molar-refractivity contribution in [3.05, 3.63) is 17.2 Å². The molecule has 3 aliphatic carbocycles. The number of benzene rings is 1. The number of likely N-dealkylation sites (tertiary alicyclic amines) is 1. The van der Waals surface area contributed by atoms with E-state index in [-0.39, 0.29) is 11.2 Å². The molecule has 2 heterocycles. The Labute approximate surface area is 153 Å². The van der Waals surface area contributed by atoms with Crippen molar-refractivity contribution in [3.8, 4) is 17.2 Å². The number of methoxy groups -OCH3 is 1. The summed E-state index contributed by atoms with van der Waals surface area (Å²) in [5.74, 6) is 3.11.